The summed E-state index contributed by atoms with van der Waals surface area (Å²) in [4.78, 5) is 16.3. The Labute approximate surface area is 114 Å². The largest absolute Gasteiger partial charge is 0.394 e. The maximum Gasteiger partial charge on any atom is 0.253 e. The van der Waals surface area contributed by atoms with Gasteiger partial charge in [-0.3, -0.25) is 9.78 Å². The van der Waals surface area contributed by atoms with Crippen LogP contribution >= 0.6 is 0 Å². The van der Waals surface area contributed by atoms with Crippen LogP contribution in [0.25, 0.3) is 0 Å². The molecule has 4 heteroatoms. The van der Waals surface area contributed by atoms with Gasteiger partial charge in [-0.25, -0.2) is 0 Å². The van der Waals surface area contributed by atoms with Crippen LogP contribution in [0.4, 0.5) is 0 Å². The Morgan fingerprint density at radius 3 is 2.74 bits per heavy atom. The fourth-order valence-corrected chi connectivity index (χ4v) is 2.63. The third-order valence-corrected chi connectivity index (χ3v) is 4.05. The quantitative estimate of drug-likeness (QED) is 0.876. The molecule has 4 nitrogen and oxygen atoms in total. The van der Waals surface area contributed by atoms with Crippen LogP contribution in [0.1, 0.15) is 48.5 Å². The van der Waals surface area contributed by atoms with Crippen LogP contribution in [0.15, 0.2) is 18.5 Å². The maximum absolute atomic E-state index is 12.2. The average Bonchev–Trinajstić information content (AvgIpc) is 2.42. The second-order valence-corrected chi connectivity index (χ2v) is 5.83. The Morgan fingerprint density at radius 1 is 1.47 bits per heavy atom. The molecule has 0 spiro atoms. The first-order chi connectivity index (χ1) is 9.04. The van der Waals surface area contributed by atoms with Gasteiger partial charge >= 0.3 is 0 Å². The van der Waals surface area contributed by atoms with Crippen LogP contribution < -0.4 is 5.32 Å². The fraction of sp³-hybridized carbons (Fsp3) is 0.600. The lowest BCUT2D eigenvalue weighted by atomic mass is 9.77. The minimum absolute atomic E-state index is 0.00467. The van der Waals surface area contributed by atoms with Crippen molar-refractivity contribution in [1.29, 1.82) is 0 Å². The van der Waals surface area contributed by atoms with Crippen LogP contribution in [-0.2, 0) is 0 Å². The molecule has 2 N–H and O–H groups in total. The molecular weight excluding hydrogens is 240 g/mol. The summed E-state index contributed by atoms with van der Waals surface area (Å²) >= 11 is 0. The number of aliphatic hydroxyl groups is 1. The van der Waals surface area contributed by atoms with Crippen LogP contribution in [-0.4, -0.2) is 28.1 Å². The van der Waals surface area contributed by atoms with Crippen molar-refractivity contribution in [2.45, 2.75) is 45.1 Å². The van der Waals surface area contributed by atoms with Gasteiger partial charge in [0.1, 0.15) is 0 Å². The van der Waals surface area contributed by atoms with E-state index in [1.54, 1.807) is 12.4 Å². The highest BCUT2D eigenvalue weighted by Crippen LogP contribution is 2.31. The molecule has 1 aromatic rings. The summed E-state index contributed by atoms with van der Waals surface area (Å²) in [5.41, 5.74) is 1.07. The molecule has 1 heterocycles. The first-order valence-electron chi connectivity index (χ1n) is 6.90. The standard InChI is InChI=1S/C15H22N2O2/c1-11-3-5-15(10-18,6-4-11)17-14(19)13-7-12(2)8-16-9-13/h7-9,11,18H,3-6,10H2,1-2H3,(H,17,19). The first kappa shape index (κ1) is 14.0. The second-order valence-electron chi connectivity index (χ2n) is 5.83. The minimum atomic E-state index is -0.451. The van der Waals surface area contributed by atoms with Gasteiger partial charge in [0.25, 0.3) is 5.91 Å². The molecule has 2 rings (SSSR count). The Morgan fingerprint density at radius 2 is 2.16 bits per heavy atom. The second kappa shape index (κ2) is 5.70. The van der Waals surface area contributed by atoms with Gasteiger partial charge < -0.3 is 10.4 Å². The summed E-state index contributed by atoms with van der Waals surface area (Å²) in [6.07, 6.45) is 7.07. The smallest absolute Gasteiger partial charge is 0.253 e. The Balaban J connectivity index is 2.08. The SMILES string of the molecule is Cc1cncc(C(=O)NC2(CO)CCC(C)CC2)c1. The lowest BCUT2D eigenvalue weighted by Crippen LogP contribution is -2.53. The van der Waals surface area contributed by atoms with E-state index in [1.165, 1.54) is 0 Å². The summed E-state index contributed by atoms with van der Waals surface area (Å²) in [5.74, 6) is 0.539. The molecular formula is C15H22N2O2. The van der Waals surface area contributed by atoms with Crippen molar-refractivity contribution >= 4 is 5.91 Å². The van der Waals surface area contributed by atoms with Gasteiger partial charge in [0.15, 0.2) is 0 Å². The molecule has 1 amide bonds. The normalized spacial score (nSPS) is 27.0. The number of nitrogens with zero attached hydrogens (tertiary/aromatic N) is 1. The van der Waals surface area contributed by atoms with E-state index in [0.717, 1.165) is 31.2 Å². The highest BCUT2D eigenvalue weighted by atomic mass is 16.3. The highest BCUT2D eigenvalue weighted by molar-refractivity contribution is 5.94. The number of rotatable bonds is 3. The maximum atomic E-state index is 12.2. The zero-order valence-electron chi connectivity index (χ0n) is 11.6. The number of aliphatic hydroxyl groups excluding tert-OH is 1. The van der Waals surface area contributed by atoms with Crippen molar-refractivity contribution in [3.8, 4) is 0 Å². The van der Waals surface area contributed by atoms with Crippen molar-refractivity contribution < 1.29 is 9.90 Å². The molecule has 1 saturated carbocycles. The van der Waals surface area contributed by atoms with Crippen molar-refractivity contribution in [2.24, 2.45) is 5.92 Å². The van der Waals surface area contributed by atoms with Gasteiger partial charge in [0, 0.05) is 12.4 Å². The van der Waals surface area contributed by atoms with Crippen molar-refractivity contribution in [3.05, 3.63) is 29.6 Å². The number of hydrogen-bond acceptors (Lipinski definition) is 3. The van der Waals surface area contributed by atoms with E-state index in [4.69, 9.17) is 0 Å². The topological polar surface area (TPSA) is 62.2 Å². The van der Waals surface area contributed by atoms with E-state index in [0.29, 0.717) is 11.5 Å². The Bertz CT molecular complexity index is 451. The molecule has 1 aliphatic rings. The van der Waals surface area contributed by atoms with E-state index in [9.17, 15) is 9.90 Å². The van der Waals surface area contributed by atoms with Crippen LogP contribution in [0.5, 0.6) is 0 Å². The van der Waals surface area contributed by atoms with Crippen LogP contribution in [0.2, 0.25) is 0 Å². The van der Waals surface area contributed by atoms with E-state index in [2.05, 4.69) is 17.2 Å². The van der Waals surface area contributed by atoms with E-state index in [-0.39, 0.29) is 12.5 Å². The van der Waals surface area contributed by atoms with Gasteiger partial charge in [-0.2, -0.15) is 0 Å². The average molecular weight is 262 g/mol. The molecule has 0 radical (unpaired) electrons. The Hall–Kier alpha value is -1.42. The van der Waals surface area contributed by atoms with Crippen molar-refractivity contribution in [1.82, 2.24) is 10.3 Å². The van der Waals surface area contributed by atoms with Gasteiger partial charge in [0.2, 0.25) is 0 Å². The lowest BCUT2D eigenvalue weighted by Gasteiger charge is -2.38. The minimum Gasteiger partial charge on any atom is -0.394 e. The third-order valence-electron chi connectivity index (χ3n) is 4.05. The molecule has 0 atom stereocenters. The molecule has 1 aliphatic carbocycles. The predicted octanol–water partition coefficient (Wildman–Crippen LogP) is 2.06. The van der Waals surface area contributed by atoms with Crippen LogP contribution in [0.3, 0.4) is 0 Å². The van der Waals surface area contributed by atoms with Crippen LogP contribution in [0, 0.1) is 12.8 Å². The van der Waals surface area contributed by atoms with Crippen molar-refractivity contribution in [3.63, 3.8) is 0 Å². The number of carbonyl (C=O) groups is 1. The number of aryl methyl sites for hydroxylation is 1. The number of nitrogens with one attached hydrogen (secondary N) is 1. The number of aromatic nitrogens is 1. The fourth-order valence-electron chi connectivity index (χ4n) is 2.63. The zero-order valence-corrected chi connectivity index (χ0v) is 11.6. The molecule has 0 aromatic carbocycles. The monoisotopic (exact) mass is 262 g/mol. The number of pyridine rings is 1. The summed E-state index contributed by atoms with van der Waals surface area (Å²) in [5, 5.41) is 12.7. The van der Waals surface area contributed by atoms with Gasteiger partial charge in [-0.05, 0) is 50.2 Å². The van der Waals surface area contributed by atoms with E-state index >= 15 is 0 Å². The zero-order chi connectivity index (χ0) is 13.9. The van der Waals surface area contributed by atoms with Gasteiger partial charge in [-0.1, -0.05) is 6.92 Å². The summed E-state index contributed by atoms with van der Waals surface area (Å²) in [7, 11) is 0. The first-order valence-corrected chi connectivity index (χ1v) is 6.90. The number of carbonyl (C=O) groups excluding carboxylic acids is 1. The number of hydrogen-bond donors (Lipinski definition) is 2. The predicted molar refractivity (Wildman–Crippen MR) is 73.9 cm³/mol. The van der Waals surface area contributed by atoms with Crippen molar-refractivity contribution in [2.75, 3.05) is 6.61 Å². The Kier molecular flexibility index (Phi) is 4.20. The highest BCUT2D eigenvalue weighted by Gasteiger charge is 2.35. The molecule has 104 valence electrons. The molecule has 0 aliphatic heterocycles. The molecule has 19 heavy (non-hydrogen) atoms. The molecule has 0 unspecified atom stereocenters. The van der Waals surface area contributed by atoms with Gasteiger partial charge in [0.05, 0.1) is 17.7 Å². The molecule has 0 saturated heterocycles. The lowest BCUT2D eigenvalue weighted by molar-refractivity contribution is 0.0716. The van der Waals surface area contributed by atoms with Gasteiger partial charge in [-0.15, -0.1) is 0 Å². The van der Waals surface area contributed by atoms with E-state index < -0.39 is 5.54 Å². The summed E-state index contributed by atoms with van der Waals surface area (Å²) in [6, 6.07) is 1.82. The third kappa shape index (κ3) is 3.32. The number of amides is 1. The van der Waals surface area contributed by atoms with E-state index in [1.807, 2.05) is 13.0 Å². The molecule has 1 aromatic heterocycles. The molecule has 0 bridgehead atoms. The summed E-state index contributed by atoms with van der Waals surface area (Å²) < 4.78 is 0. The molecule has 1 fully saturated rings. The summed E-state index contributed by atoms with van der Waals surface area (Å²) in [6.45, 7) is 4.13.